The summed E-state index contributed by atoms with van der Waals surface area (Å²) in [6, 6.07) is 34.5. The molecule has 0 radical (unpaired) electrons. The molecular formula is C32H33N2O+. The number of hydrogen-bond acceptors (Lipinski definition) is 1. The highest BCUT2D eigenvalue weighted by Gasteiger charge is 2.25. The maximum Gasteiger partial charge on any atom is 0.121 e. The molecule has 176 valence electrons. The molecule has 0 amide bonds. The predicted molar refractivity (Wildman–Crippen MR) is 146 cm³/mol. The third kappa shape index (κ3) is 4.27. The van der Waals surface area contributed by atoms with Gasteiger partial charge >= 0.3 is 0 Å². The molecule has 0 bridgehead atoms. The summed E-state index contributed by atoms with van der Waals surface area (Å²) >= 11 is 0. The summed E-state index contributed by atoms with van der Waals surface area (Å²) < 4.78 is 2.41. The number of piperidine rings is 1. The van der Waals surface area contributed by atoms with E-state index in [1.165, 1.54) is 81.3 Å². The zero-order chi connectivity index (χ0) is 23.6. The fourth-order valence-corrected chi connectivity index (χ4v) is 5.96. The van der Waals surface area contributed by atoms with E-state index in [2.05, 4.69) is 102 Å². The standard InChI is InChI=1S/C32H32N2O/c35-27(22-33-20-10-3-11-21-33)23-34-31(26-15-6-2-7-16-26)30(25-13-4-1-5-14-25)29-19-18-24-12-8-9-17-28(24)32(29)34/h1-2,4-9,12-19,27,35H,3,10-11,20-23H2/p+1/t27-/m1/s1. The van der Waals surface area contributed by atoms with Gasteiger partial charge in [-0.15, -0.1) is 0 Å². The van der Waals surface area contributed by atoms with Gasteiger partial charge in [-0.25, -0.2) is 0 Å². The number of aliphatic hydroxyl groups is 1. The number of rotatable bonds is 6. The van der Waals surface area contributed by atoms with Crippen LogP contribution in [-0.4, -0.2) is 35.4 Å². The van der Waals surface area contributed by atoms with Crippen molar-refractivity contribution in [3.8, 4) is 22.4 Å². The fraction of sp³-hybridized carbons (Fsp3) is 0.250. The Morgan fingerprint density at radius 1 is 0.686 bits per heavy atom. The van der Waals surface area contributed by atoms with Gasteiger partial charge in [0, 0.05) is 16.3 Å². The monoisotopic (exact) mass is 461 g/mol. The third-order valence-corrected chi connectivity index (χ3v) is 7.53. The Labute approximate surface area is 207 Å². The Morgan fingerprint density at radius 2 is 1.34 bits per heavy atom. The highest BCUT2D eigenvalue weighted by atomic mass is 16.3. The second kappa shape index (κ2) is 9.69. The van der Waals surface area contributed by atoms with E-state index in [4.69, 9.17) is 0 Å². The topological polar surface area (TPSA) is 29.6 Å². The summed E-state index contributed by atoms with van der Waals surface area (Å²) in [5, 5.41) is 15.1. The van der Waals surface area contributed by atoms with E-state index in [-0.39, 0.29) is 0 Å². The molecule has 3 heteroatoms. The highest BCUT2D eigenvalue weighted by molar-refractivity contribution is 6.15. The van der Waals surface area contributed by atoms with Crippen molar-refractivity contribution < 1.29 is 10.0 Å². The van der Waals surface area contributed by atoms with Crippen molar-refractivity contribution in [2.45, 2.75) is 31.9 Å². The van der Waals surface area contributed by atoms with Gasteiger partial charge in [0.25, 0.3) is 0 Å². The van der Waals surface area contributed by atoms with Gasteiger partial charge in [-0.2, -0.15) is 0 Å². The first-order valence-corrected chi connectivity index (χ1v) is 13.0. The first-order valence-electron chi connectivity index (χ1n) is 13.0. The van der Waals surface area contributed by atoms with E-state index < -0.39 is 6.10 Å². The summed E-state index contributed by atoms with van der Waals surface area (Å²) in [4.78, 5) is 1.54. The first kappa shape index (κ1) is 22.1. The molecule has 2 N–H and O–H groups in total. The number of quaternary nitrogens is 1. The molecule has 0 saturated carbocycles. The SMILES string of the molecule is O[C@@H](Cn1c(-c2ccccc2)c(-c2ccccc2)c2ccc3ccccc3c21)C[NH+]1CCCCC1. The predicted octanol–water partition coefficient (Wildman–Crippen LogP) is 5.56. The van der Waals surface area contributed by atoms with Gasteiger partial charge in [-0.1, -0.05) is 97.1 Å². The largest absolute Gasteiger partial charge is 0.385 e. The van der Waals surface area contributed by atoms with Gasteiger partial charge in [-0.05, 0) is 35.8 Å². The summed E-state index contributed by atoms with van der Waals surface area (Å²) in [6.07, 6.45) is 3.47. The lowest BCUT2D eigenvalue weighted by atomic mass is 9.97. The van der Waals surface area contributed by atoms with Crippen LogP contribution in [0.5, 0.6) is 0 Å². The molecule has 4 aromatic carbocycles. The summed E-state index contributed by atoms with van der Waals surface area (Å²) in [5.74, 6) is 0. The second-order valence-electron chi connectivity index (χ2n) is 9.92. The smallest absolute Gasteiger partial charge is 0.121 e. The number of aromatic nitrogens is 1. The maximum atomic E-state index is 11.4. The van der Waals surface area contributed by atoms with Crippen LogP contribution in [0.1, 0.15) is 19.3 Å². The second-order valence-corrected chi connectivity index (χ2v) is 9.92. The molecule has 0 aliphatic carbocycles. The normalized spacial score (nSPS) is 15.6. The van der Waals surface area contributed by atoms with Gasteiger partial charge in [0.1, 0.15) is 12.6 Å². The Kier molecular flexibility index (Phi) is 6.12. The van der Waals surface area contributed by atoms with Crippen molar-refractivity contribution in [3.05, 3.63) is 97.1 Å². The van der Waals surface area contributed by atoms with Gasteiger partial charge < -0.3 is 14.6 Å². The van der Waals surface area contributed by atoms with Crippen LogP contribution in [0, 0.1) is 0 Å². The van der Waals surface area contributed by atoms with Crippen molar-refractivity contribution in [2.24, 2.45) is 0 Å². The van der Waals surface area contributed by atoms with Crippen LogP contribution in [-0.2, 0) is 6.54 Å². The molecule has 0 unspecified atom stereocenters. The van der Waals surface area contributed by atoms with E-state index in [0.717, 1.165) is 6.54 Å². The van der Waals surface area contributed by atoms with Crippen molar-refractivity contribution in [2.75, 3.05) is 19.6 Å². The molecule has 5 aromatic rings. The van der Waals surface area contributed by atoms with Gasteiger partial charge in [0.05, 0.1) is 30.8 Å². The van der Waals surface area contributed by atoms with Crippen molar-refractivity contribution in [1.29, 1.82) is 0 Å². The number of fused-ring (bicyclic) bond motifs is 3. The van der Waals surface area contributed by atoms with E-state index in [0.29, 0.717) is 6.54 Å². The lowest BCUT2D eigenvalue weighted by molar-refractivity contribution is -0.908. The van der Waals surface area contributed by atoms with Crippen LogP contribution in [0.4, 0.5) is 0 Å². The average Bonchev–Trinajstić information content (AvgIpc) is 3.24. The van der Waals surface area contributed by atoms with Crippen LogP contribution in [0.3, 0.4) is 0 Å². The molecule has 2 heterocycles. The van der Waals surface area contributed by atoms with Crippen LogP contribution in [0.2, 0.25) is 0 Å². The molecular weight excluding hydrogens is 428 g/mol. The molecule has 35 heavy (non-hydrogen) atoms. The molecule has 1 fully saturated rings. The quantitative estimate of drug-likeness (QED) is 0.341. The minimum Gasteiger partial charge on any atom is -0.385 e. The van der Waals surface area contributed by atoms with E-state index in [9.17, 15) is 5.11 Å². The molecule has 1 atom stereocenters. The molecule has 1 aromatic heterocycles. The lowest BCUT2D eigenvalue weighted by Gasteiger charge is -2.26. The number of likely N-dealkylation sites (tertiary alicyclic amines) is 1. The minimum absolute atomic E-state index is 0.399. The Hall–Kier alpha value is -3.40. The minimum atomic E-state index is -0.399. The lowest BCUT2D eigenvalue weighted by Crippen LogP contribution is -3.13. The average molecular weight is 462 g/mol. The van der Waals surface area contributed by atoms with Gasteiger partial charge in [0.15, 0.2) is 0 Å². The molecule has 1 aliphatic heterocycles. The zero-order valence-electron chi connectivity index (χ0n) is 20.2. The number of hydrogen-bond donors (Lipinski definition) is 2. The van der Waals surface area contributed by atoms with Crippen LogP contribution in [0.15, 0.2) is 97.1 Å². The van der Waals surface area contributed by atoms with Crippen molar-refractivity contribution in [1.82, 2.24) is 4.57 Å². The van der Waals surface area contributed by atoms with Crippen molar-refractivity contribution >= 4 is 21.7 Å². The number of nitrogens with one attached hydrogen (secondary N) is 1. The van der Waals surface area contributed by atoms with Crippen LogP contribution in [0.25, 0.3) is 44.1 Å². The number of benzene rings is 4. The van der Waals surface area contributed by atoms with E-state index in [1.807, 2.05) is 0 Å². The summed E-state index contributed by atoms with van der Waals surface area (Å²) in [6.45, 7) is 3.74. The Bertz CT molecular complexity index is 1430. The summed E-state index contributed by atoms with van der Waals surface area (Å²) in [7, 11) is 0. The van der Waals surface area contributed by atoms with Gasteiger partial charge in [0.2, 0.25) is 0 Å². The van der Waals surface area contributed by atoms with E-state index in [1.54, 1.807) is 0 Å². The van der Waals surface area contributed by atoms with Crippen LogP contribution >= 0.6 is 0 Å². The molecule has 3 nitrogen and oxygen atoms in total. The molecule has 1 saturated heterocycles. The Morgan fingerprint density at radius 3 is 2.09 bits per heavy atom. The molecule has 6 rings (SSSR count). The molecule has 1 aliphatic rings. The molecule has 0 spiro atoms. The van der Waals surface area contributed by atoms with Crippen LogP contribution < -0.4 is 4.90 Å². The van der Waals surface area contributed by atoms with Crippen molar-refractivity contribution in [3.63, 3.8) is 0 Å². The summed E-state index contributed by atoms with van der Waals surface area (Å²) in [5.41, 5.74) is 6.05. The Balaban J connectivity index is 1.59. The number of nitrogens with zero attached hydrogens (tertiary/aromatic N) is 1. The number of aliphatic hydroxyl groups excluding tert-OH is 1. The highest BCUT2D eigenvalue weighted by Crippen LogP contribution is 2.43. The fourth-order valence-electron chi connectivity index (χ4n) is 5.96. The van der Waals surface area contributed by atoms with Gasteiger partial charge in [-0.3, -0.25) is 0 Å². The maximum absolute atomic E-state index is 11.4. The zero-order valence-corrected chi connectivity index (χ0v) is 20.2. The third-order valence-electron chi connectivity index (χ3n) is 7.53. The first-order chi connectivity index (χ1) is 17.3. The van der Waals surface area contributed by atoms with E-state index >= 15 is 0 Å².